The Hall–Kier alpha value is -4.42. The SMILES string of the molecule is C1CC1.C=C=Cc1cc(N2CC3(CCN(CC4CN(Cc5c(C)cc(/C(=C/NC)c6cc(C)ncc6CCCC)cc5C)C4)C3)C2)ccc1CC(C)CC.C=CCCC(C)C(=O)NC.CC. The maximum Gasteiger partial charge on any atom is 0.222 e. The van der Waals surface area contributed by atoms with Crippen LogP contribution in [0.3, 0.4) is 0 Å². The van der Waals surface area contributed by atoms with E-state index in [0.29, 0.717) is 11.3 Å². The fourth-order valence-electron chi connectivity index (χ4n) is 9.64. The smallest absolute Gasteiger partial charge is 0.222 e. The van der Waals surface area contributed by atoms with E-state index >= 15 is 0 Å². The lowest BCUT2D eigenvalue weighted by Gasteiger charge is -2.50. The summed E-state index contributed by atoms with van der Waals surface area (Å²) in [6, 6.07) is 14.2. The summed E-state index contributed by atoms with van der Waals surface area (Å²) in [5.41, 5.74) is 18.1. The van der Waals surface area contributed by atoms with Crippen molar-refractivity contribution in [2.24, 2.45) is 23.2 Å². The van der Waals surface area contributed by atoms with Gasteiger partial charge >= 0.3 is 0 Å². The van der Waals surface area contributed by atoms with E-state index in [4.69, 9.17) is 0 Å². The molecule has 3 aromatic rings. The zero-order chi connectivity index (χ0) is 48.2. The molecule has 4 heterocycles. The number of anilines is 1. The van der Waals surface area contributed by atoms with Gasteiger partial charge in [-0.3, -0.25) is 14.7 Å². The van der Waals surface area contributed by atoms with Gasteiger partial charge in [0.2, 0.25) is 5.91 Å². The number of likely N-dealkylation sites (tertiary alicyclic amines) is 2. The van der Waals surface area contributed by atoms with Crippen molar-refractivity contribution in [3.63, 3.8) is 0 Å². The fraction of sp³-hybridized carbons (Fsp3) is 0.576. The zero-order valence-electron chi connectivity index (χ0n) is 43.6. The standard InChI is InChI=1S/C46H63N5.C8H15NO.C3H6.C2H6/c1-9-12-14-40-24-48-36(7)22-43(40)44(25-47-8)41-20-34(5)45(35(6)21-41)29-50-27-37(28-50)26-49-18-17-46(30-49)31-51(32-46)42-16-15-39(19-33(4)11-3)38(23-42)13-10-2;1-4-5-6-7(2)8(10)9-3;1-2-3-1;1-2/h13,15-16,20-25,33,37,47H,2,9,11-12,14,17-19,26-32H2,1,3-8H3;4,7H,1,5-6H2,2-3H3,(H,9,10);1-3H2;1-2H3/b44-25-;;;. The van der Waals surface area contributed by atoms with Crippen molar-refractivity contribution in [1.82, 2.24) is 25.4 Å². The van der Waals surface area contributed by atoms with Crippen LogP contribution in [-0.4, -0.2) is 80.6 Å². The number of carbonyl (C=O) groups excluding carboxylic acids is 1. The lowest BCUT2D eigenvalue weighted by Crippen LogP contribution is -2.58. The third kappa shape index (κ3) is 15.8. The first kappa shape index (κ1) is 54.2. The first-order chi connectivity index (χ1) is 31.9. The van der Waals surface area contributed by atoms with Crippen LogP contribution in [0.15, 0.2) is 73.8 Å². The Bertz CT molecular complexity index is 2040. The molecule has 66 heavy (non-hydrogen) atoms. The second kappa shape index (κ2) is 27.4. The predicted octanol–water partition coefficient (Wildman–Crippen LogP) is 12.5. The molecule has 2 N–H and O–H groups in total. The predicted molar refractivity (Wildman–Crippen MR) is 285 cm³/mol. The van der Waals surface area contributed by atoms with Crippen LogP contribution < -0.4 is 15.5 Å². The summed E-state index contributed by atoms with van der Waals surface area (Å²) < 4.78 is 0. The van der Waals surface area contributed by atoms with E-state index in [0.717, 1.165) is 43.8 Å². The van der Waals surface area contributed by atoms with E-state index in [-0.39, 0.29) is 11.8 Å². The number of aromatic nitrogens is 1. The van der Waals surface area contributed by atoms with E-state index in [9.17, 15) is 4.79 Å². The quantitative estimate of drug-likeness (QED) is 0.0923. The molecule has 7 heteroatoms. The summed E-state index contributed by atoms with van der Waals surface area (Å²) in [7, 11) is 3.66. The zero-order valence-corrected chi connectivity index (χ0v) is 43.6. The summed E-state index contributed by atoms with van der Waals surface area (Å²) in [6.45, 7) is 36.6. The molecule has 362 valence electrons. The van der Waals surface area contributed by atoms with Crippen molar-refractivity contribution >= 4 is 23.2 Å². The first-order valence-corrected chi connectivity index (χ1v) is 25.8. The monoisotopic (exact) mass is 899 g/mol. The average molecular weight is 899 g/mol. The number of carbonyl (C=O) groups is 1. The first-order valence-electron chi connectivity index (χ1n) is 25.8. The molecule has 4 fully saturated rings. The molecule has 1 amide bonds. The second-order valence-corrected chi connectivity index (χ2v) is 19.8. The highest BCUT2D eigenvalue weighted by molar-refractivity contribution is 5.82. The second-order valence-electron chi connectivity index (χ2n) is 19.8. The molecule has 3 saturated heterocycles. The van der Waals surface area contributed by atoms with Gasteiger partial charge in [0.25, 0.3) is 0 Å². The third-order valence-electron chi connectivity index (χ3n) is 13.9. The van der Waals surface area contributed by atoms with Crippen LogP contribution in [0.25, 0.3) is 11.6 Å². The van der Waals surface area contributed by atoms with Crippen LogP contribution in [0.2, 0.25) is 0 Å². The van der Waals surface area contributed by atoms with Crippen LogP contribution in [0.1, 0.15) is 150 Å². The van der Waals surface area contributed by atoms with E-state index < -0.39 is 0 Å². The van der Waals surface area contributed by atoms with Gasteiger partial charge in [-0.15, -0.1) is 12.3 Å². The number of pyridine rings is 1. The largest absolute Gasteiger partial charge is 0.393 e. The maximum atomic E-state index is 10.9. The molecule has 1 aliphatic carbocycles. The molecule has 2 unspecified atom stereocenters. The van der Waals surface area contributed by atoms with Crippen molar-refractivity contribution in [1.29, 1.82) is 0 Å². The lowest BCUT2D eigenvalue weighted by atomic mass is 9.78. The van der Waals surface area contributed by atoms with Gasteiger partial charge in [0.15, 0.2) is 0 Å². The summed E-state index contributed by atoms with van der Waals surface area (Å²) in [5, 5.41) is 5.94. The van der Waals surface area contributed by atoms with Crippen LogP contribution in [0.4, 0.5) is 5.69 Å². The number of rotatable bonds is 19. The number of allylic oxidation sites excluding steroid dienone is 1. The highest BCUT2D eigenvalue weighted by atomic mass is 16.1. The van der Waals surface area contributed by atoms with Crippen molar-refractivity contribution in [3.05, 3.63) is 124 Å². The van der Waals surface area contributed by atoms with Gasteiger partial charge in [0.1, 0.15) is 0 Å². The molecule has 1 aromatic heterocycles. The highest BCUT2D eigenvalue weighted by Gasteiger charge is 2.48. The van der Waals surface area contributed by atoms with E-state index in [1.807, 2.05) is 33.9 Å². The number of nitrogens with one attached hydrogen (secondary N) is 2. The van der Waals surface area contributed by atoms with Crippen LogP contribution in [-0.2, 0) is 24.2 Å². The van der Waals surface area contributed by atoms with Crippen LogP contribution in [0.5, 0.6) is 0 Å². The minimum absolute atomic E-state index is 0.113. The van der Waals surface area contributed by atoms with Crippen molar-refractivity contribution in [2.75, 3.05) is 64.8 Å². The van der Waals surface area contributed by atoms with Crippen molar-refractivity contribution in [3.8, 4) is 0 Å². The number of hydrogen-bond acceptors (Lipinski definition) is 6. The van der Waals surface area contributed by atoms with Gasteiger partial charge < -0.3 is 20.4 Å². The van der Waals surface area contributed by atoms with Gasteiger partial charge in [-0.25, -0.2) is 0 Å². The molecule has 4 aliphatic rings. The van der Waals surface area contributed by atoms with E-state index in [1.165, 1.54) is 147 Å². The van der Waals surface area contributed by atoms with Crippen LogP contribution >= 0.6 is 0 Å². The molecule has 0 radical (unpaired) electrons. The molecule has 2 atom stereocenters. The normalized spacial score (nSPS) is 17.3. The molecular weight excluding hydrogens is 809 g/mol. The Balaban J connectivity index is 0.000000546. The molecule has 3 aliphatic heterocycles. The number of hydrogen-bond donors (Lipinski definition) is 2. The van der Waals surface area contributed by atoms with Gasteiger partial charge in [-0.2, -0.15) is 0 Å². The highest BCUT2D eigenvalue weighted by Crippen LogP contribution is 2.43. The number of nitrogens with zero attached hydrogens (tertiary/aromatic N) is 4. The topological polar surface area (TPSA) is 63.7 Å². The summed E-state index contributed by atoms with van der Waals surface area (Å²) in [4.78, 5) is 23.6. The minimum atomic E-state index is 0.113. The molecule has 2 aromatic carbocycles. The van der Waals surface area contributed by atoms with Crippen molar-refractivity contribution < 1.29 is 4.79 Å². The maximum absolute atomic E-state index is 10.9. The number of benzene rings is 2. The summed E-state index contributed by atoms with van der Waals surface area (Å²) in [6.07, 6.45) is 21.6. The Morgan fingerprint density at radius 2 is 1.67 bits per heavy atom. The van der Waals surface area contributed by atoms with E-state index in [2.05, 4.69) is 146 Å². The Morgan fingerprint density at radius 1 is 0.970 bits per heavy atom. The lowest BCUT2D eigenvalue weighted by molar-refractivity contribution is -0.124. The van der Waals surface area contributed by atoms with Gasteiger partial charge in [0, 0.05) is 101 Å². The van der Waals surface area contributed by atoms with Gasteiger partial charge in [-0.05, 0) is 146 Å². The Labute approximate surface area is 403 Å². The van der Waals surface area contributed by atoms with Crippen molar-refractivity contribution in [2.45, 2.75) is 139 Å². The minimum Gasteiger partial charge on any atom is -0.393 e. The third-order valence-corrected chi connectivity index (χ3v) is 13.9. The van der Waals surface area contributed by atoms with Crippen LogP contribution in [0, 0.1) is 43.9 Å². The summed E-state index contributed by atoms with van der Waals surface area (Å²) >= 11 is 0. The number of amides is 1. The molecule has 0 bridgehead atoms. The Morgan fingerprint density at radius 3 is 2.26 bits per heavy atom. The number of aryl methyl sites for hydroxylation is 4. The van der Waals surface area contributed by atoms with Gasteiger partial charge in [-0.1, -0.05) is 105 Å². The molecule has 1 spiro atoms. The van der Waals surface area contributed by atoms with Gasteiger partial charge in [0.05, 0.1) is 0 Å². The molecule has 1 saturated carbocycles. The Kier molecular flexibility index (Phi) is 22.5. The molecular formula is C59H90N6O. The molecule has 7 nitrogen and oxygen atoms in total. The molecule has 7 rings (SSSR count). The summed E-state index contributed by atoms with van der Waals surface area (Å²) in [5.74, 6) is 1.70. The number of unbranched alkanes of at least 4 members (excludes halogenated alkanes) is 1. The fourth-order valence-corrected chi connectivity index (χ4v) is 9.64. The van der Waals surface area contributed by atoms with E-state index in [1.54, 1.807) is 7.05 Å². The average Bonchev–Trinajstić information content (AvgIpc) is 4.13.